The van der Waals surface area contributed by atoms with Crippen molar-refractivity contribution in [3.05, 3.63) is 111 Å². The standard InChI is InChI=1S/C24H14ClN3O8S2/c25-14-4-1-3-13(11-14)20-19(21(29)17-5-2-10-36-17)22(30)23(31)27(20)24-26-12-18(37-24)38(34,35)16-8-6-15(7-9-16)28(32)33/h1-12,20,30H/t20-/m1/s1. The minimum Gasteiger partial charge on any atom is -0.503 e. The number of Topliss-reactive ketones (excluding diaryl/α,β-unsaturated/α-hetero) is 1. The molecule has 1 N–H and O–H groups in total. The Kier molecular flexibility index (Phi) is 6.34. The number of halogens is 1. The van der Waals surface area contributed by atoms with E-state index in [4.69, 9.17) is 16.0 Å². The van der Waals surface area contributed by atoms with Gasteiger partial charge in [0.15, 0.2) is 16.7 Å². The maximum Gasteiger partial charge on any atom is 0.296 e. The molecule has 0 fully saturated rings. The summed E-state index contributed by atoms with van der Waals surface area (Å²) in [6, 6.07) is 12.2. The SMILES string of the molecule is O=C(C1=C(O)C(=O)N(c2ncc(S(=O)(=O)c3ccc([N+](=O)[O-])cc3)s2)[C@@H]1c1cccc(Cl)c1)c1ccco1. The van der Waals surface area contributed by atoms with Crippen LogP contribution in [0.4, 0.5) is 10.8 Å². The van der Waals surface area contributed by atoms with Crippen LogP contribution >= 0.6 is 22.9 Å². The van der Waals surface area contributed by atoms with Crippen molar-refractivity contribution in [2.24, 2.45) is 0 Å². The van der Waals surface area contributed by atoms with Crippen LogP contribution in [0.5, 0.6) is 0 Å². The highest BCUT2D eigenvalue weighted by Gasteiger charge is 2.46. The predicted octanol–water partition coefficient (Wildman–Crippen LogP) is 4.91. The van der Waals surface area contributed by atoms with Gasteiger partial charge in [0.05, 0.1) is 33.9 Å². The van der Waals surface area contributed by atoms with Gasteiger partial charge in [-0.1, -0.05) is 35.1 Å². The number of carbonyl (C=O) groups excluding carboxylic acids is 2. The van der Waals surface area contributed by atoms with Crippen molar-refractivity contribution < 1.29 is 32.5 Å². The second-order valence-electron chi connectivity index (χ2n) is 7.92. The summed E-state index contributed by atoms with van der Waals surface area (Å²) in [5.41, 5.74) is -0.210. The molecule has 3 heterocycles. The van der Waals surface area contributed by atoms with Gasteiger partial charge in [0.1, 0.15) is 4.21 Å². The molecule has 0 saturated carbocycles. The van der Waals surface area contributed by atoms with Crippen molar-refractivity contribution in [3.8, 4) is 0 Å². The fraction of sp³-hybridized carbons (Fsp3) is 0.0417. The summed E-state index contributed by atoms with van der Waals surface area (Å²) in [5.74, 6) is -2.68. The number of ketones is 1. The van der Waals surface area contributed by atoms with E-state index in [1.165, 1.54) is 24.5 Å². The second-order valence-corrected chi connectivity index (χ2v) is 11.5. The average Bonchev–Trinajstić information content (AvgIpc) is 3.65. The summed E-state index contributed by atoms with van der Waals surface area (Å²) in [6.45, 7) is 0. The van der Waals surface area contributed by atoms with Gasteiger partial charge in [-0.15, -0.1) is 0 Å². The van der Waals surface area contributed by atoms with E-state index in [0.29, 0.717) is 21.9 Å². The molecule has 1 atom stereocenters. The first-order valence-electron chi connectivity index (χ1n) is 10.7. The van der Waals surface area contributed by atoms with E-state index in [2.05, 4.69) is 4.98 Å². The van der Waals surface area contributed by atoms with Crippen molar-refractivity contribution in [1.29, 1.82) is 0 Å². The Hall–Kier alpha value is -4.33. The van der Waals surface area contributed by atoms with Gasteiger partial charge in [-0.2, -0.15) is 0 Å². The first-order valence-corrected chi connectivity index (χ1v) is 13.3. The van der Waals surface area contributed by atoms with E-state index in [-0.39, 0.29) is 31.3 Å². The number of thiazole rings is 1. The number of aliphatic hydroxyl groups excluding tert-OH is 1. The van der Waals surface area contributed by atoms with E-state index in [0.717, 1.165) is 35.4 Å². The lowest BCUT2D eigenvalue weighted by atomic mass is 9.95. The first-order chi connectivity index (χ1) is 18.1. The molecule has 4 aromatic rings. The molecule has 38 heavy (non-hydrogen) atoms. The smallest absolute Gasteiger partial charge is 0.296 e. The van der Waals surface area contributed by atoms with Crippen LogP contribution in [0.1, 0.15) is 22.2 Å². The number of aliphatic hydroxyl groups is 1. The second kappa shape index (κ2) is 9.52. The Labute approximate surface area is 223 Å². The zero-order chi connectivity index (χ0) is 27.2. The molecule has 0 bridgehead atoms. The molecule has 1 aliphatic rings. The highest BCUT2D eigenvalue weighted by atomic mass is 35.5. The summed E-state index contributed by atoms with van der Waals surface area (Å²) in [7, 11) is -4.16. The van der Waals surface area contributed by atoms with Crippen LogP contribution in [0.25, 0.3) is 0 Å². The largest absolute Gasteiger partial charge is 0.503 e. The number of aromatic nitrogens is 1. The van der Waals surface area contributed by atoms with E-state index < -0.39 is 38.3 Å². The van der Waals surface area contributed by atoms with E-state index >= 15 is 0 Å². The zero-order valence-electron chi connectivity index (χ0n) is 18.8. The number of carbonyl (C=O) groups is 2. The maximum absolute atomic E-state index is 13.3. The van der Waals surface area contributed by atoms with Gasteiger partial charge < -0.3 is 9.52 Å². The zero-order valence-corrected chi connectivity index (χ0v) is 21.2. The summed E-state index contributed by atoms with van der Waals surface area (Å²) in [5, 5.41) is 21.9. The van der Waals surface area contributed by atoms with Gasteiger partial charge in [0.2, 0.25) is 15.6 Å². The lowest BCUT2D eigenvalue weighted by Gasteiger charge is -2.24. The molecular formula is C24H14ClN3O8S2. The number of hydrogen-bond acceptors (Lipinski definition) is 10. The predicted molar refractivity (Wildman–Crippen MR) is 135 cm³/mol. The van der Waals surface area contributed by atoms with Crippen LogP contribution in [0.15, 0.2) is 98.0 Å². The summed E-state index contributed by atoms with van der Waals surface area (Å²) in [4.78, 5) is 41.6. The fourth-order valence-corrected chi connectivity index (χ4v) is 6.66. The van der Waals surface area contributed by atoms with Crippen LogP contribution in [-0.2, 0) is 14.6 Å². The third kappa shape index (κ3) is 4.26. The number of furan rings is 1. The Morgan fingerprint density at radius 3 is 2.53 bits per heavy atom. The van der Waals surface area contributed by atoms with Gasteiger partial charge in [-0.25, -0.2) is 13.4 Å². The number of sulfone groups is 1. The monoisotopic (exact) mass is 571 g/mol. The van der Waals surface area contributed by atoms with Gasteiger partial charge >= 0.3 is 0 Å². The molecule has 0 radical (unpaired) electrons. The minimum absolute atomic E-state index is 0.116. The molecule has 2 aromatic carbocycles. The normalized spacial score (nSPS) is 15.8. The molecule has 1 amide bonds. The molecule has 1 aliphatic heterocycles. The number of nitro groups is 1. The third-order valence-corrected chi connectivity index (χ3v) is 9.13. The molecule has 0 spiro atoms. The Balaban J connectivity index is 1.58. The van der Waals surface area contributed by atoms with E-state index in [1.807, 2.05) is 0 Å². The molecule has 11 nitrogen and oxygen atoms in total. The first kappa shape index (κ1) is 25.3. The quantitative estimate of drug-likeness (QED) is 0.184. The molecule has 0 saturated heterocycles. The van der Waals surface area contributed by atoms with E-state index in [9.17, 15) is 33.2 Å². The van der Waals surface area contributed by atoms with Crippen molar-refractivity contribution in [3.63, 3.8) is 0 Å². The Morgan fingerprint density at radius 1 is 1.16 bits per heavy atom. The lowest BCUT2D eigenvalue weighted by Crippen LogP contribution is -2.30. The van der Waals surface area contributed by atoms with Gasteiger partial charge in [0.25, 0.3) is 11.6 Å². The summed E-state index contributed by atoms with van der Waals surface area (Å²) >= 11 is 6.79. The number of nitro benzene ring substituents is 1. The van der Waals surface area contributed by atoms with Crippen molar-refractivity contribution in [1.82, 2.24) is 4.98 Å². The maximum atomic E-state index is 13.3. The number of amides is 1. The molecule has 5 rings (SSSR count). The van der Waals surface area contributed by atoms with Crippen LogP contribution in [0.2, 0.25) is 5.02 Å². The van der Waals surface area contributed by atoms with E-state index in [1.54, 1.807) is 18.2 Å². The number of benzene rings is 2. The third-order valence-electron chi connectivity index (χ3n) is 5.66. The number of anilines is 1. The number of hydrogen-bond donors (Lipinski definition) is 1. The van der Waals surface area contributed by atoms with Crippen LogP contribution in [0.3, 0.4) is 0 Å². The highest BCUT2D eigenvalue weighted by molar-refractivity contribution is 7.93. The summed E-state index contributed by atoms with van der Waals surface area (Å²) in [6.07, 6.45) is 2.30. The fourth-order valence-electron chi connectivity index (χ4n) is 3.92. The van der Waals surface area contributed by atoms with Crippen molar-refractivity contribution in [2.75, 3.05) is 4.90 Å². The molecule has 2 aromatic heterocycles. The van der Waals surface area contributed by atoms with Crippen LogP contribution in [0, 0.1) is 10.1 Å². The van der Waals surface area contributed by atoms with Crippen LogP contribution < -0.4 is 4.90 Å². The Bertz CT molecular complexity index is 1730. The van der Waals surface area contributed by atoms with Gasteiger partial charge in [-0.3, -0.25) is 24.6 Å². The Morgan fingerprint density at radius 2 is 1.89 bits per heavy atom. The molecular weight excluding hydrogens is 558 g/mol. The molecule has 14 heteroatoms. The molecule has 0 unspecified atom stereocenters. The molecule has 192 valence electrons. The number of rotatable bonds is 7. The topological polar surface area (TPSA) is 161 Å². The van der Waals surface area contributed by atoms with Crippen LogP contribution in [-0.4, -0.2) is 35.1 Å². The summed E-state index contributed by atoms with van der Waals surface area (Å²) < 4.78 is 31.2. The van der Waals surface area contributed by atoms with Gasteiger partial charge in [-0.05, 0) is 42.0 Å². The average molecular weight is 572 g/mol. The van der Waals surface area contributed by atoms with Gasteiger partial charge in [0, 0.05) is 17.2 Å². The van der Waals surface area contributed by atoms with Crippen molar-refractivity contribution in [2.45, 2.75) is 15.1 Å². The highest BCUT2D eigenvalue weighted by Crippen LogP contribution is 2.44. The van der Waals surface area contributed by atoms with Crippen molar-refractivity contribution >= 4 is 55.3 Å². The lowest BCUT2D eigenvalue weighted by molar-refractivity contribution is -0.384. The number of nitrogens with zero attached hydrogens (tertiary/aromatic N) is 3. The number of non-ortho nitro benzene ring substituents is 1. The molecule has 0 aliphatic carbocycles. The minimum atomic E-state index is -4.16.